The number of rotatable bonds is 4. The zero-order valence-electron chi connectivity index (χ0n) is 22.9. The second-order valence-electron chi connectivity index (χ2n) is 12.6. The quantitative estimate of drug-likeness (QED) is 0.505. The van der Waals surface area contributed by atoms with Gasteiger partial charge in [-0.1, -0.05) is 30.7 Å². The van der Waals surface area contributed by atoms with Crippen molar-refractivity contribution in [1.29, 1.82) is 5.26 Å². The Balaban J connectivity index is 1.23. The summed E-state index contributed by atoms with van der Waals surface area (Å²) < 4.78 is 13.3. The molecule has 0 bridgehead atoms. The van der Waals surface area contributed by atoms with Crippen molar-refractivity contribution in [3.8, 4) is 12.1 Å². The minimum Gasteiger partial charge on any atom is -0.461 e. The predicted molar refractivity (Wildman–Crippen MR) is 150 cm³/mol. The zero-order valence-corrected chi connectivity index (χ0v) is 23.7. The van der Waals surface area contributed by atoms with E-state index in [1.54, 1.807) is 0 Å². The first-order valence-electron chi connectivity index (χ1n) is 14.8. The van der Waals surface area contributed by atoms with Crippen molar-refractivity contribution in [2.75, 3.05) is 37.7 Å². The van der Waals surface area contributed by atoms with Crippen molar-refractivity contribution < 1.29 is 9.47 Å². The summed E-state index contributed by atoms with van der Waals surface area (Å²) in [5, 5.41) is 10.4. The third kappa shape index (κ3) is 4.40. The van der Waals surface area contributed by atoms with Crippen LogP contribution in [0.1, 0.15) is 74.3 Å². The summed E-state index contributed by atoms with van der Waals surface area (Å²) in [7, 11) is 0. The highest BCUT2D eigenvalue weighted by molar-refractivity contribution is 6.31. The molecule has 7 rings (SSSR count). The topological polar surface area (TPSA) is 74.5 Å². The van der Waals surface area contributed by atoms with Crippen LogP contribution in [0.3, 0.4) is 0 Å². The molecule has 1 aromatic heterocycles. The number of hydrogen-bond acceptors (Lipinski definition) is 7. The molecule has 0 saturated carbocycles. The van der Waals surface area contributed by atoms with Gasteiger partial charge in [-0.25, -0.2) is 0 Å². The van der Waals surface area contributed by atoms with Crippen LogP contribution in [-0.4, -0.2) is 53.2 Å². The minimum absolute atomic E-state index is 0.111. The molecule has 7 nitrogen and oxygen atoms in total. The monoisotopic (exact) mass is 547 g/mol. The van der Waals surface area contributed by atoms with Gasteiger partial charge in [-0.15, -0.1) is 0 Å². The second kappa shape index (κ2) is 9.90. The van der Waals surface area contributed by atoms with Gasteiger partial charge in [-0.05, 0) is 81.0 Å². The van der Waals surface area contributed by atoms with Crippen LogP contribution in [0.2, 0.25) is 5.02 Å². The van der Waals surface area contributed by atoms with E-state index in [9.17, 15) is 5.26 Å². The van der Waals surface area contributed by atoms with E-state index in [1.807, 2.05) is 12.1 Å². The molecule has 1 aliphatic carbocycles. The van der Waals surface area contributed by atoms with Gasteiger partial charge in [0.2, 0.25) is 0 Å². The number of benzene rings is 1. The molecule has 2 unspecified atom stereocenters. The van der Waals surface area contributed by atoms with Crippen molar-refractivity contribution in [3.05, 3.63) is 45.6 Å². The lowest BCUT2D eigenvalue weighted by atomic mass is 9.87. The molecule has 5 heterocycles. The van der Waals surface area contributed by atoms with E-state index >= 15 is 0 Å². The SMILES string of the molecule is C[C@H]1CN2CCC[C@@]2(COc2nc3c(c(N4CCCC(C#N)CC4)n2)COC2(CCc4c(Cl)cccc42)C3)C1. The summed E-state index contributed by atoms with van der Waals surface area (Å²) >= 11 is 6.59. The molecule has 0 N–H and O–H groups in total. The predicted octanol–water partition coefficient (Wildman–Crippen LogP) is 5.43. The summed E-state index contributed by atoms with van der Waals surface area (Å²) in [6, 6.07) is 9.16. The highest BCUT2D eigenvalue weighted by Crippen LogP contribution is 2.49. The standard InChI is InChI=1S/C31H38ClN5O2/c1-21-15-30(10-4-13-37(30)18-21)20-38-29-34-27-16-31(11-8-23-25(31)6-2-7-26(23)32)39-19-24(27)28(35-29)36-12-3-5-22(17-33)9-14-36/h2,6-7,21-22H,3-5,8-16,18-20H2,1H3/t21-,22?,30+,31?/m1/s1. The number of anilines is 1. The van der Waals surface area contributed by atoms with Crippen LogP contribution in [0, 0.1) is 23.2 Å². The highest BCUT2D eigenvalue weighted by Gasteiger charge is 2.48. The normalized spacial score (nSPS) is 32.0. The van der Waals surface area contributed by atoms with Gasteiger partial charge in [-0.3, -0.25) is 4.90 Å². The number of aromatic nitrogens is 2. The Morgan fingerprint density at radius 3 is 2.97 bits per heavy atom. The molecule has 0 amide bonds. The average molecular weight is 548 g/mol. The third-order valence-corrected chi connectivity index (χ3v) is 10.4. The Bertz CT molecular complexity index is 1310. The number of nitriles is 1. The number of nitrogens with zero attached hydrogens (tertiary/aromatic N) is 5. The maximum Gasteiger partial charge on any atom is 0.318 e. The number of fused-ring (bicyclic) bond motifs is 4. The van der Waals surface area contributed by atoms with E-state index in [1.165, 1.54) is 36.9 Å². The van der Waals surface area contributed by atoms with Crippen molar-refractivity contribution in [2.24, 2.45) is 11.8 Å². The van der Waals surface area contributed by atoms with E-state index < -0.39 is 5.60 Å². The summed E-state index contributed by atoms with van der Waals surface area (Å²) in [5.41, 5.74) is 4.24. The number of ether oxygens (including phenoxy) is 2. The minimum atomic E-state index is -0.400. The Morgan fingerprint density at radius 1 is 1.15 bits per heavy atom. The molecule has 1 aromatic carbocycles. The van der Waals surface area contributed by atoms with Gasteiger partial charge in [-0.2, -0.15) is 15.2 Å². The number of halogens is 1. The van der Waals surface area contributed by atoms with Crippen LogP contribution in [-0.2, 0) is 29.8 Å². The van der Waals surface area contributed by atoms with Crippen molar-refractivity contribution in [1.82, 2.24) is 14.9 Å². The lowest BCUT2D eigenvalue weighted by Crippen LogP contribution is -2.43. The van der Waals surface area contributed by atoms with Crippen LogP contribution in [0.4, 0.5) is 5.82 Å². The van der Waals surface area contributed by atoms with Crippen molar-refractivity contribution in [3.63, 3.8) is 0 Å². The first kappa shape index (κ1) is 25.6. The second-order valence-corrected chi connectivity index (χ2v) is 13.0. The zero-order chi connectivity index (χ0) is 26.6. The van der Waals surface area contributed by atoms with Gasteiger partial charge < -0.3 is 14.4 Å². The Morgan fingerprint density at radius 2 is 2.08 bits per heavy atom. The Hall–Kier alpha value is -2.40. The van der Waals surface area contributed by atoms with Crippen LogP contribution < -0.4 is 9.64 Å². The highest BCUT2D eigenvalue weighted by atomic mass is 35.5. The summed E-state index contributed by atoms with van der Waals surface area (Å²) in [6.07, 6.45) is 8.92. The molecule has 4 atom stereocenters. The van der Waals surface area contributed by atoms with Crippen molar-refractivity contribution in [2.45, 2.75) is 82.5 Å². The molecule has 4 aliphatic heterocycles. The molecule has 1 spiro atoms. The first-order valence-corrected chi connectivity index (χ1v) is 15.2. The van der Waals surface area contributed by atoms with Crippen molar-refractivity contribution >= 4 is 17.4 Å². The van der Waals surface area contributed by atoms with Gasteiger partial charge >= 0.3 is 6.01 Å². The van der Waals surface area contributed by atoms with E-state index in [4.69, 9.17) is 31.0 Å². The molecule has 0 radical (unpaired) electrons. The maximum absolute atomic E-state index is 9.55. The van der Waals surface area contributed by atoms with Gasteiger partial charge in [0.15, 0.2) is 0 Å². The first-order chi connectivity index (χ1) is 19.0. The lowest BCUT2D eigenvalue weighted by Gasteiger charge is -2.37. The van der Waals surface area contributed by atoms with E-state index in [0.29, 0.717) is 31.6 Å². The largest absolute Gasteiger partial charge is 0.461 e. The van der Waals surface area contributed by atoms with E-state index in [-0.39, 0.29) is 11.5 Å². The summed E-state index contributed by atoms with van der Waals surface area (Å²) in [4.78, 5) is 15.1. The molecule has 39 heavy (non-hydrogen) atoms. The fourth-order valence-electron chi connectivity index (χ4n) is 8.14. The van der Waals surface area contributed by atoms with E-state index in [0.717, 1.165) is 73.8 Å². The molecule has 2 aromatic rings. The Labute approximate surface area is 236 Å². The number of hydrogen-bond donors (Lipinski definition) is 0. The smallest absolute Gasteiger partial charge is 0.318 e. The molecule has 3 saturated heterocycles. The molecular weight excluding hydrogens is 510 g/mol. The molecular formula is C31H38ClN5O2. The maximum atomic E-state index is 9.55. The average Bonchev–Trinajstić information content (AvgIpc) is 3.51. The van der Waals surface area contributed by atoms with Crippen LogP contribution in [0.5, 0.6) is 6.01 Å². The molecule has 5 aliphatic rings. The van der Waals surface area contributed by atoms with Crippen LogP contribution >= 0.6 is 11.6 Å². The molecule has 206 valence electrons. The van der Waals surface area contributed by atoms with Gasteiger partial charge in [0.05, 0.1) is 29.5 Å². The summed E-state index contributed by atoms with van der Waals surface area (Å²) in [6.45, 7) is 7.51. The van der Waals surface area contributed by atoms with Crippen LogP contribution in [0.25, 0.3) is 0 Å². The summed E-state index contributed by atoms with van der Waals surface area (Å²) in [5.74, 6) is 1.75. The third-order valence-electron chi connectivity index (χ3n) is 10.1. The Kier molecular flexibility index (Phi) is 6.49. The fraction of sp³-hybridized carbons (Fsp3) is 0.645. The van der Waals surface area contributed by atoms with Gasteiger partial charge in [0.1, 0.15) is 12.4 Å². The molecule has 3 fully saturated rings. The molecule has 8 heteroatoms. The van der Waals surface area contributed by atoms with Gasteiger partial charge in [0.25, 0.3) is 0 Å². The van der Waals surface area contributed by atoms with E-state index in [2.05, 4.69) is 28.9 Å². The lowest BCUT2D eigenvalue weighted by molar-refractivity contribution is -0.0730. The van der Waals surface area contributed by atoms with Gasteiger partial charge in [0, 0.05) is 42.6 Å². The fourth-order valence-corrected chi connectivity index (χ4v) is 8.41. The van der Waals surface area contributed by atoms with Crippen LogP contribution in [0.15, 0.2) is 18.2 Å².